The molecule has 3 rings (SSSR count). The molecular formula is C28H38N4O4. The van der Waals surface area contributed by atoms with Gasteiger partial charge in [0, 0.05) is 36.3 Å². The minimum Gasteiger partial charge on any atom is -0.494 e. The Hall–Kier alpha value is -3.55. The summed E-state index contributed by atoms with van der Waals surface area (Å²) in [6.45, 7) is 13.1. The van der Waals surface area contributed by atoms with E-state index in [9.17, 15) is 9.59 Å². The molecule has 0 atom stereocenters. The van der Waals surface area contributed by atoms with Crippen molar-refractivity contribution in [2.24, 2.45) is 0 Å². The van der Waals surface area contributed by atoms with E-state index in [-0.39, 0.29) is 35.5 Å². The van der Waals surface area contributed by atoms with E-state index in [2.05, 4.69) is 31.4 Å². The van der Waals surface area contributed by atoms with E-state index in [0.29, 0.717) is 35.6 Å². The van der Waals surface area contributed by atoms with Crippen LogP contribution in [0.25, 0.3) is 0 Å². The van der Waals surface area contributed by atoms with Gasteiger partial charge in [-0.05, 0) is 56.0 Å². The summed E-state index contributed by atoms with van der Waals surface area (Å²) in [5, 5.41) is 14.7. The summed E-state index contributed by atoms with van der Waals surface area (Å²) in [6, 6.07) is 7.38. The molecule has 0 radical (unpaired) electrons. The Labute approximate surface area is 213 Å². The third-order valence-corrected chi connectivity index (χ3v) is 6.11. The highest BCUT2D eigenvalue weighted by Gasteiger charge is 2.30. The van der Waals surface area contributed by atoms with E-state index < -0.39 is 0 Å². The Morgan fingerprint density at radius 2 is 1.86 bits per heavy atom. The number of rotatable bonds is 9. The number of nitrogens with zero attached hydrogens (tertiary/aromatic N) is 1. The molecule has 3 N–H and O–H groups in total. The summed E-state index contributed by atoms with van der Waals surface area (Å²) < 4.78 is 11.4. The van der Waals surface area contributed by atoms with E-state index in [0.717, 1.165) is 22.6 Å². The minimum atomic E-state index is -0.276. The normalized spacial score (nSPS) is 13.0. The van der Waals surface area contributed by atoms with E-state index >= 15 is 0 Å². The summed E-state index contributed by atoms with van der Waals surface area (Å²) in [5.74, 6) is 1.06. The van der Waals surface area contributed by atoms with Gasteiger partial charge in [-0.1, -0.05) is 20.8 Å². The maximum atomic E-state index is 13.5. The van der Waals surface area contributed by atoms with Crippen LogP contribution in [0.5, 0.6) is 11.5 Å². The number of nitrogens with one attached hydrogen (secondary N) is 3. The van der Waals surface area contributed by atoms with E-state index in [1.54, 1.807) is 31.2 Å². The average molecular weight is 495 g/mol. The highest BCUT2D eigenvalue weighted by Crippen LogP contribution is 2.39. The number of carbonyl (C=O) groups excluding carboxylic acids is 2. The van der Waals surface area contributed by atoms with E-state index in [4.69, 9.17) is 14.9 Å². The fourth-order valence-corrected chi connectivity index (χ4v) is 4.40. The van der Waals surface area contributed by atoms with Crippen LogP contribution in [0.2, 0.25) is 0 Å². The maximum Gasteiger partial charge on any atom is 0.254 e. The molecule has 0 unspecified atom stereocenters. The molecule has 8 heteroatoms. The maximum absolute atomic E-state index is 13.5. The number of benzene rings is 2. The summed E-state index contributed by atoms with van der Waals surface area (Å²) in [7, 11) is 3.20. The third kappa shape index (κ3) is 5.48. The van der Waals surface area contributed by atoms with E-state index in [1.165, 1.54) is 0 Å². The first-order valence-electron chi connectivity index (χ1n) is 12.3. The Balaban J connectivity index is 1.94. The zero-order valence-corrected chi connectivity index (χ0v) is 22.6. The Morgan fingerprint density at radius 3 is 2.42 bits per heavy atom. The van der Waals surface area contributed by atoms with Gasteiger partial charge in [-0.3, -0.25) is 15.0 Å². The molecule has 0 saturated heterocycles. The fraction of sp³-hybridized carbons (Fsp3) is 0.464. The van der Waals surface area contributed by atoms with Crippen LogP contribution in [0.1, 0.15) is 78.9 Å². The van der Waals surface area contributed by atoms with Gasteiger partial charge < -0.3 is 25.0 Å². The Morgan fingerprint density at radius 1 is 1.17 bits per heavy atom. The van der Waals surface area contributed by atoms with Gasteiger partial charge in [0.2, 0.25) is 0 Å². The van der Waals surface area contributed by atoms with E-state index in [1.807, 2.05) is 32.9 Å². The Kier molecular flexibility index (Phi) is 7.96. The van der Waals surface area contributed by atoms with Crippen LogP contribution in [0.3, 0.4) is 0 Å². The van der Waals surface area contributed by atoms with Crippen LogP contribution in [0.15, 0.2) is 24.3 Å². The summed E-state index contributed by atoms with van der Waals surface area (Å²) in [4.78, 5) is 27.6. The van der Waals surface area contributed by atoms with Gasteiger partial charge in [0.15, 0.2) is 5.78 Å². The number of ketones is 1. The SMILES string of the molecule is CCOc1cc2c(cc1C(=O)NC)C(=N)N(CC(=O)c1cc(NC(C)C)c(OC)c(C(C)(C)C)c1)C2. The Bertz CT molecular complexity index is 1180. The van der Waals surface area contributed by atoms with Crippen molar-refractivity contribution >= 4 is 23.2 Å². The number of Topliss-reactive ketones (excluding diaryl/α,β-unsaturated/α-hetero) is 1. The summed E-state index contributed by atoms with van der Waals surface area (Å²) >= 11 is 0. The van der Waals surface area contributed by atoms with Crippen LogP contribution in [0.4, 0.5) is 5.69 Å². The molecule has 0 fully saturated rings. The van der Waals surface area contributed by atoms with Crippen molar-refractivity contribution in [1.82, 2.24) is 10.2 Å². The van der Waals surface area contributed by atoms with Crippen molar-refractivity contribution < 1.29 is 19.1 Å². The first-order valence-corrected chi connectivity index (χ1v) is 12.3. The van der Waals surface area contributed by atoms with Gasteiger partial charge in [0.05, 0.1) is 31.5 Å². The highest BCUT2D eigenvalue weighted by atomic mass is 16.5. The van der Waals surface area contributed by atoms with Gasteiger partial charge in [0.25, 0.3) is 5.91 Å². The topological polar surface area (TPSA) is 104 Å². The smallest absolute Gasteiger partial charge is 0.254 e. The monoisotopic (exact) mass is 494 g/mol. The second-order valence-corrected chi connectivity index (χ2v) is 10.3. The number of ether oxygens (including phenoxy) is 2. The van der Waals surface area contributed by atoms with Gasteiger partial charge in [-0.25, -0.2) is 0 Å². The fourth-order valence-electron chi connectivity index (χ4n) is 4.40. The molecule has 36 heavy (non-hydrogen) atoms. The van der Waals surface area contributed by atoms with Crippen LogP contribution < -0.4 is 20.1 Å². The molecule has 1 amide bonds. The molecule has 0 aliphatic carbocycles. The lowest BCUT2D eigenvalue weighted by atomic mass is 9.84. The molecule has 1 heterocycles. The molecule has 1 aliphatic rings. The molecule has 0 aromatic heterocycles. The number of hydrogen-bond acceptors (Lipinski definition) is 6. The zero-order valence-electron chi connectivity index (χ0n) is 22.6. The van der Waals surface area contributed by atoms with Crippen LogP contribution >= 0.6 is 0 Å². The first kappa shape index (κ1) is 27.0. The third-order valence-electron chi connectivity index (χ3n) is 6.11. The zero-order chi connectivity index (χ0) is 26.8. The van der Waals surface area contributed by atoms with Gasteiger partial charge in [-0.2, -0.15) is 0 Å². The predicted octanol–water partition coefficient (Wildman–Crippen LogP) is 4.60. The van der Waals surface area contributed by atoms with Crippen molar-refractivity contribution in [3.8, 4) is 11.5 Å². The van der Waals surface area contributed by atoms with Crippen molar-refractivity contribution in [2.75, 3.05) is 32.6 Å². The molecule has 0 bridgehead atoms. The van der Waals surface area contributed by atoms with Crippen molar-refractivity contribution in [3.05, 3.63) is 52.1 Å². The first-order chi connectivity index (χ1) is 16.9. The molecular weight excluding hydrogens is 456 g/mol. The van der Waals surface area contributed by atoms with Crippen molar-refractivity contribution in [1.29, 1.82) is 5.41 Å². The number of amides is 1. The number of amidine groups is 1. The molecule has 2 aromatic carbocycles. The summed E-state index contributed by atoms with van der Waals surface area (Å²) in [6.07, 6.45) is 0. The lowest BCUT2D eigenvalue weighted by molar-refractivity contribution is 0.0953. The number of hydrogen-bond donors (Lipinski definition) is 3. The lowest BCUT2D eigenvalue weighted by Crippen LogP contribution is -2.30. The number of methoxy groups -OCH3 is 1. The molecule has 0 saturated carbocycles. The van der Waals surface area contributed by atoms with Crippen molar-refractivity contribution in [2.45, 2.75) is 59.5 Å². The lowest BCUT2D eigenvalue weighted by Gasteiger charge is -2.26. The molecule has 1 aliphatic heterocycles. The molecule has 0 spiro atoms. The van der Waals surface area contributed by atoms with Crippen LogP contribution in [-0.2, 0) is 12.0 Å². The molecule has 8 nitrogen and oxygen atoms in total. The van der Waals surface area contributed by atoms with Crippen LogP contribution in [-0.4, -0.2) is 55.8 Å². The molecule has 2 aromatic rings. The molecule has 194 valence electrons. The summed E-state index contributed by atoms with van der Waals surface area (Å²) in [5.41, 5.74) is 3.92. The number of fused-ring (bicyclic) bond motifs is 1. The van der Waals surface area contributed by atoms with Gasteiger partial charge in [0.1, 0.15) is 17.3 Å². The second-order valence-electron chi connectivity index (χ2n) is 10.3. The largest absolute Gasteiger partial charge is 0.494 e. The highest BCUT2D eigenvalue weighted by molar-refractivity contribution is 6.08. The quantitative estimate of drug-likeness (QED) is 0.441. The second kappa shape index (κ2) is 10.6. The minimum absolute atomic E-state index is 0.0455. The van der Waals surface area contributed by atoms with Crippen molar-refractivity contribution in [3.63, 3.8) is 0 Å². The van der Waals surface area contributed by atoms with Gasteiger partial charge in [-0.15, -0.1) is 0 Å². The predicted molar refractivity (Wildman–Crippen MR) is 143 cm³/mol. The van der Waals surface area contributed by atoms with Crippen LogP contribution in [0, 0.1) is 5.41 Å². The van der Waals surface area contributed by atoms with Gasteiger partial charge >= 0.3 is 0 Å². The average Bonchev–Trinajstić information content (AvgIpc) is 3.10. The number of anilines is 1. The number of carbonyl (C=O) groups is 2. The standard InChI is InChI=1S/C28H38N4O4/c1-9-36-24-12-18-14-32(26(29)19(18)13-20(24)27(34)30-7)15-23(33)17-10-21(28(4,5)6)25(35-8)22(11-17)31-16(2)3/h10-13,16,29,31H,9,14-15H2,1-8H3,(H,30,34).